The molecule has 2 aromatic rings. The number of carboxylic acid groups (broad SMARTS) is 3. The molecule has 16 nitrogen and oxygen atoms in total. The Morgan fingerprint density at radius 3 is 1.79 bits per heavy atom. The third kappa shape index (κ3) is 17.5. The van der Waals surface area contributed by atoms with E-state index in [2.05, 4.69) is 20.7 Å². The number of rotatable bonds is 5. The Kier molecular flexibility index (Phi) is 25.0. The van der Waals surface area contributed by atoms with Crippen LogP contribution in [0.25, 0.3) is 0 Å². The number of fused-ring (bicyclic) bond motifs is 5. The van der Waals surface area contributed by atoms with Crippen LogP contribution in [0, 0.1) is 22.7 Å². The molecule has 3 fully saturated rings. The summed E-state index contributed by atoms with van der Waals surface area (Å²) in [6.45, 7) is 14.9. The first-order chi connectivity index (χ1) is 29.2. The summed E-state index contributed by atoms with van der Waals surface area (Å²) in [6, 6.07) is 17.9. The highest BCUT2D eigenvalue weighted by Gasteiger charge is 2.66. The van der Waals surface area contributed by atoms with Crippen molar-refractivity contribution in [3.05, 3.63) is 82.9 Å². The van der Waals surface area contributed by atoms with Crippen LogP contribution in [0.5, 0.6) is 0 Å². The van der Waals surface area contributed by atoms with E-state index < -0.39 is 58.2 Å². The van der Waals surface area contributed by atoms with Crippen molar-refractivity contribution in [1.82, 2.24) is 0 Å². The molecular formula is C46H68BrNO15. The number of hydrogen-bond donors (Lipinski definition) is 8. The van der Waals surface area contributed by atoms with E-state index in [0.29, 0.717) is 49.8 Å². The molecule has 0 radical (unpaired) electrons. The Bertz CT molecular complexity index is 1800. The minimum absolute atomic E-state index is 0.0347. The smallest absolute Gasteiger partial charge is 0.405 e. The van der Waals surface area contributed by atoms with Gasteiger partial charge in [0.05, 0.1) is 35.4 Å². The van der Waals surface area contributed by atoms with Crippen molar-refractivity contribution in [3.63, 3.8) is 0 Å². The summed E-state index contributed by atoms with van der Waals surface area (Å²) in [5.41, 5.74) is 4.62. The topological polar surface area (TPSA) is 289 Å². The van der Waals surface area contributed by atoms with Gasteiger partial charge in [0, 0.05) is 31.3 Å². The molecule has 7 unspecified atom stereocenters. The van der Waals surface area contributed by atoms with Crippen molar-refractivity contribution in [2.24, 2.45) is 28.4 Å². The second-order valence-electron chi connectivity index (χ2n) is 16.8. The van der Waals surface area contributed by atoms with E-state index in [1.54, 1.807) is 58.0 Å². The van der Waals surface area contributed by atoms with Crippen LogP contribution in [0.4, 0.5) is 4.79 Å². The van der Waals surface area contributed by atoms with Gasteiger partial charge in [-0.15, -0.1) is 0 Å². The number of aliphatic hydroxyl groups is 4. The van der Waals surface area contributed by atoms with Gasteiger partial charge in [0.2, 0.25) is 0 Å². The van der Waals surface area contributed by atoms with Crippen LogP contribution >= 0.6 is 15.9 Å². The fourth-order valence-corrected chi connectivity index (χ4v) is 7.95. The number of nitrogens with two attached hydrogens (primary N) is 1. The van der Waals surface area contributed by atoms with Crippen LogP contribution < -0.4 is 5.73 Å². The molecule has 2 aromatic carbocycles. The number of ketones is 1. The number of alkyl halides is 1. The maximum absolute atomic E-state index is 13.4. The van der Waals surface area contributed by atoms with E-state index in [9.17, 15) is 39.3 Å². The average Bonchev–Trinajstić information content (AvgIpc) is 3.20. The van der Waals surface area contributed by atoms with Gasteiger partial charge < -0.3 is 55.7 Å². The SMILES string of the molecule is CC(C)(C)OC(N)=O.CC1=C2C(O)C(=O)C3(C)C(O)CC4OCC4C3CC(O)(CC1)C2(C)C.CC=O.CO.O=C(O)CBr.O=C(O)CCc1ccccc1.O=C(O)c1ccccc1. The lowest BCUT2D eigenvalue weighted by molar-refractivity contribution is -0.241. The normalized spacial score (nSPS) is 25.7. The summed E-state index contributed by atoms with van der Waals surface area (Å²) in [5, 5.41) is 65.0. The number of aldehydes is 1. The van der Waals surface area contributed by atoms with Gasteiger partial charge in [-0.25, -0.2) is 9.59 Å². The molecule has 1 amide bonds. The molecule has 1 aliphatic heterocycles. The number of carbonyl (C=O) groups is 6. The highest BCUT2D eigenvalue weighted by molar-refractivity contribution is 9.09. The largest absolute Gasteiger partial charge is 0.481 e. The van der Waals surface area contributed by atoms with Crippen LogP contribution in [0.2, 0.25) is 0 Å². The van der Waals surface area contributed by atoms with Crippen LogP contribution in [0.15, 0.2) is 71.8 Å². The minimum atomic E-state index is -1.26. The predicted octanol–water partition coefficient (Wildman–Crippen LogP) is 5.84. The third-order valence-electron chi connectivity index (χ3n) is 11.2. The number of amides is 1. The van der Waals surface area contributed by atoms with E-state index in [4.69, 9.17) is 35.7 Å². The average molecular weight is 955 g/mol. The Labute approximate surface area is 378 Å². The second-order valence-corrected chi connectivity index (χ2v) is 17.4. The molecule has 0 spiro atoms. The summed E-state index contributed by atoms with van der Waals surface area (Å²) >= 11 is 2.71. The number of halogens is 1. The van der Waals surface area contributed by atoms with Gasteiger partial charge in [-0.05, 0) is 96.4 Å². The molecule has 0 aromatic heterocycles. The summed E-state index contributed by atoms with van der Waals surface area (Å²) in [5.74, 6) is -2.75. The number of aryl methyl sites for hydroxylation is 1. The summed E-state index contributed by atoms with van der Waals surface area (Å²) in [7, 11) is 1.00. The molecule has 17 heteroatoms. The van der Waals surface area contributed by atoms with E-state index in [1.807, 2.05) is 51.1 Å². The lowest BCUT2D eigenvalue weighted by Crippen LogP contribution is -2.68. The van der Waals surface area contributed by atoms with Crippen molar-refractivity contribution >= 4 is 52.0 Å². The maximum Gasteiger partial charge on any atom is 0.405 e. The first kappa shape index (κ1) is 58.5. The summed E-state index contributed by atoms with van der Waals surface area (Å²) in [6.07, 6.45) is 0.910. The van der Waals surface area contributed by atoms with E-state index in [-0.39, 0.29) is 35.5 Å². The van der Waals surface area contributed by atoms with Gasteiger partial charge >= 0.3 is 24.0 Å². The van der Waals surface area contributed by atoms with Gasteiger partial charge in [0.15, 0.2) is 5.78 Å². The third-order valence-corrected chi connectivity index (χ3v) is 11.7. The van der Waals surface area contributed by atoms with Crippen LogP contribution in [0.1, 0.15) is 103 Å². The maximum atomic E-state index is 13.4. The zero-order valence-corrected chi connectivity index (χ0v) is 39.3. The fraction of sp³-hybridized carbons (Fsp3) is 0.565. The van der Waals surface area contributed by atoms with Crippen molar-refractivity contribution in [2.75, 3.05) is 19.0 Å². The van der Waals surface area contributed by atoms with Crippen LogP contribution in [-0.4, -0.2) is 120 Å². The molecule has 354 valence electrons. The highest BCUT2D eigenvalue weighted by Crippen LogP contribution is 2.60. The molecule has 4 aliphatic rings. The standard InChI is InChI=1S/C20H30O5.C9H10O2.C7H6O2.C5H11NO2.C2H3BrO2.C2H4O.CH4O/c1-10-5-6-20(24)8-12-11-9-25-13(11)7-14(21)19(12,4)17(23)16(22)15(10)18(20,2)3;10-9(11)7-6-8-4-2-1-3-5-8;8-7(9)6-4-2-1-3-5-6;1-5(2,3)8-4(6)7;3-1-2(4)5;1-2-3;1-2/h11-14,16,21-22,24H,5-9H2,1-4H3;1-5H,6-7H2,(H,10,11);1-5H,(H,8,9);1-3H3,(H2,6,7);1H2,(H,4,5);2H,1H3;2H,1H3. The Morgan fingerprint density at radius 2 is 1.43 bits per heavy atom. The summed E-state index contributed by atoms with van der Waals surface area (Å²) < 4.78 is 10.2. The number of aromatic carboxylic acids is 1. The number of Topliss-reactive ketones (excluding diaryl/α,β-unsaturated/α-hetero) is 1. The number of ether oxygens (including phenoxy) is 2. The number of primary amides is 1. The van der Waals surface area contributed by atoms with Gasteiger partial charge in [-0.2, -0.15) is 0 Å². The molecule has 63 heavy (non-hydrogen) atoms. The van der Waals surface area contributed by atoms with Gasteiger partial charge in [-0.3, -0.25) is 14.4 Å². The zero-order valence-electron chi connectivity index (χ0n) is 37.7. The quantitative estimate of drug-likeness (QED) is 0.0993. The van der Waals surface area contributed by atoms with E-state index in [0.717, 1.165) is 24.5 Å². The predicted molar refractivity (Wildman–Crippen MR) is 239 cm³/mol. The van der Waals surface area contributed by atoms with Crippen LogP contribution in [-0.2, 0) is 35.1 Å². The number of aliphatic carboxylic acids is 2. The first-order valence-electron chi connectivity index (χ1n) is 20.3. The number of aliphatic hydroxyl groups excluding tert-OH is 3. The number of benzene rings is 2. The van der Waals surface area contributed by atoms with Crippen molar-refractivity contribution in [2.45, 2.75) is 123 Å². The Hall–Kier alpha value is -4.52. The van der Waals surface area contributed by atoms with Crippen LogP contribution in [0.3, 0.4) is 0 Å². The fourth-order valence-electron chi connectivity index (χ4n) is 7.95. The number of hydrogen-bond acceptors (Lipinski definition) is 12. The molecule has 2 saturated carbocycles. The molecule has 1 saturated heterocycles. The Balaban J connectivity index is 0.000000844. The molecule has 9 N–H and O–H groups in total. The lowest BCUT2D eigenvalue weighted by Gasteiger charge is -2.61. The summed E-state index contributed by atoms with van der Waals surface area (Å²) in [4.78, 5) is 61.9. The minimum Gasteiger partial charge on any atom is -0.481 e. The van der Waals surface area contributed by atoms with E-state index in [1.165, 1.54) is 6.92 Å². The number of carbonyl (C=O) groups excluding carboxylic acids is 3. The molecule has 7 atom stereocenters. The van der Waals surface area contributed by atoms with Gasteiger partial charge in [-0.1, -0.05) is 83.9 Å². The molecule has 6 rings (SSSR count). The monoisotopic (exact) mass is 953 g/mol. The van der Waals surface area contributed by atoms with Crippen molar-refractivity contribution in [1.29, 1.82) is 0 Å². The molecule has 3 aliphatic carbocycles. The first-order valence-corrected chi connectivity index (χ1v) is 21.4. The lowest BCUT2D eigenvalue weighted by atomic mass is 9.47. The molecular weight excluding hydrogens is 886 g/mol. The van der Waals surface area contributed by atoms with Crippen molar-refractivity contribution in [3.8, 4) is 0 Å². The second kappa shape index (κ2) is 27.0. The molecule has 2 bridgehead atoms. The highest BCUT2D eigenvalue weighted by atomic mass is 79.9. The molecule has 1 heterocycles. The van der Waals surface area contributed by atoms with Gasteiger partial charge in [0.1, 0.15) is 23.3 Å². The number of carboxylic acids is 3. The Morgan fingerprint density at radius 1 is 0.937 bits per heavy atom. The number of allylic oxidation sites excluding steroid dienone is 1. The van der Waals surface area contributed by atoms with Crippen molar-refractivity contribution < 1.29 is 74.0 Å². The van der Waals surface area contributed by atoms with Gasteiger partial charge in [0.25, 0.3) is 0 Å². The zero-order chi connectivity index (χ0) is 48.9. The van der Waals surface area contributed by atoms with E-state index >= 15 is 0 Å².